The number of hydrogen-bond donors (Lipinski definition) is 2. The smallest absolute Gasteiger partial charge is 0.337 e. The molecule has 3 aromatic rings. The van der Waals surface area contributed by atoms with Crippen molar-refractivity contribution >= 4 is 22.7 Å². The summed E-state index contributed by atoms with van der Waals surface area (Å²) in [5, 5.41) is 17.1. The third-order valence-electron chi connectivity index (χ3n) is 2.86. The van der Waals surface area contributed by atoms with E-state index in [-0.39, 0.29) is 11.3 Å². The standard InChI is InChI=1S/C13H10N4O2/c14-10-6-5-8(7-9(10)13(18)19)17-12-4-2-1-3-11(12)15-16-17/h1-7H,14H2,(H,18,19). The molecule has 0 fully saturated rings. The number of anilines is 1. The van der Waals surface area contributed by atoms with Crippen molar-refractivity contribution in [2.24, 2.45) is 0 Å². The lowest BCUT2D eigenvalue weighted by molar-refractivity contribution is 0.0698. The van der Waals surface area contributed by atoms with Crippen LogP contribution in [0.2, 0.25) is 0 Å². The number of nitrogens with two attached hydrogens (primary N) is 1. The number of nitrogens with zero attached hydrogens (tertiary/aromatic N) is 3. The topological polar surface area (TPSA) is 94.0 Å². The number of para-hydroxylation sites is 1. The highest BCUT2D eigenvalue weighted by Crippen LogP contribution is 2.20. The molecule has 0 bridgehead atoms. The number of hydrogen-bond acceptors (Lipinski definition) is 4. The molecule has 6 nitrogen and oxygen atoms in total. The molecule has 0 saturated heterocycles. The van der Waals surface area contributed by atoms with Gasteiger partial charge in [-0.1, -0.05) is 17.3 Å². The number of carboxylic acid groups (broad SMARTS) is 1. The SMILES string of the molecule is Nc1ccc(-n2nnc3ccccc32)cc1C(=O)O. The largest absolute Gasteiger partial charge is 0.478 e. The van der Waals surface area contributed by atoms with Gasteiger partial charge in [-0.15, -0.1) is 5.10 Å². The molecule has 0 radical (unpaired) electrons. The summed E-state index contributed by atoms with van der Waals surface area (Å²) in [5.74, 6) is -1.07. The van der Waals surface area contributed by atoms with Crippen molar-refractivity contribution in [2.45, 2.75) is 0 Å². The fourth-order valence-corrected chi connectivity index (χ4v) is 1.92. The zero-order chi connectivity index (χ0) is 13.4. The predicted octanol–water partition coefficient (Wildman–Crippen LogP) is 1.70. The zero-order valence-corrected chi connectivity index (χ0v) is 9.82. The van der Waals surface area contributed by atoms with Crippen molar-refractivity contribution in [3.63, 3.8) is 0 Å². The Hall–Kier alpha value is -2.89. The Kier molecular flexibility index (Phi) is 2.42. The molecule has 0 saturated carbocycles. The molecule has 0 spiro atoms. The molecule has 1 aromatic heterocycles. The number of carboxylic acids is 1. The second-order valence-electron chi connectivity index (χ2n) is 4.07. The van der Waals surface area contributed by atoms with Gasteiger partial charge < -0.3 is 10.8 Å². The fourth-order valence-electron chi connectivity index (χ4n) is 1.92. The lowest BCUT2D eigenvalue weighted by Crippen LogP contribution is -2.05. The highest BCUT2D eigenvalue weighted by Gasteiger charge is 2.11. The molecule has 0 aliphatic carbocycles. The average Bonchev–Trinajstić information content (AvgIpc) is 2.83. The van der Waals surface area contributed by atoms with Gasteiger partial charge in [0.25, 0.3) is 0 Å². The highest BCUT2D eigenvalue weighted by atomic mass is 16.4. The molecule has 0 aliphatic rings. The van der Waals surface area contributed by atoms with Crippen LogP contribution in [0.25, 0.3) is 16.7 Å². The van der Waals surface area contributed by atoms with Crippen molar-refractivity contribution in [1.82, 2.24) is 15.0 Å². The summed E-state index contributed by atoms with van der Waals surface area (Å²) >= 11 is 0. The van der Waals surface area contributed by atoms with Gasteiger partial charge in [0.2, 0.25) is 0 Å². The van der Waals surface area contributed by atoms with Gasteiger partial charge >= 0.3 is 5.97 Å². The van der Waals surface area contributed by atoms with Crippen molar-refractivity contribution in [3.05, 3.63) is 48.0 Å². The minimum absolute atomic E-state index is 0.0529. The second-order valence-corrected chi connectivity index (χ2v) is 4.07. The van der Waals surface area contributed by atoms with Gasteiger partial charge in [-0.25, -0.2) is 9.48 Å². The summed E-state index contributed by atoms with van der Waals surface area (Å²) in [6.07, 6.45) is 0. The maximum Gasteiger partial charge on any atom is 0.337 e. The highest BCUT2D eigenvalue weighted by molar-refractivity contribution is 5.94. The fraction of sp³-hybridized carbons (Fsp3) is 0. The lowest BCUT2D eigenvalue weighted by atomic mass is 10.1. The van der Waals surface area contributed by atoms with E-state index in [1.54, 1.807) is 16.8 Å². The molecule has 1 heterocycles. The minimum atomic E-state index is -1.07. The van der Waals surface area contributed by atoms with Crippen molar-refractivity contribution in [2.75, 3.05) is 5.73 Å². The van der Waals surface area contributed by atoms with Gasteiger partial charge in [0.05, 0.1) is 16.8 Å². The Morgan fingerprint density at radius 2 is 2.00 bits per heavy atom. The van der Waals surface area contributed by atoms with Gasteiger partial charge in [0.15, 0.2) is 0 Å². The van der Waals surface area contributed by atoms with Gasteiger partial charge in [0, 0.05) is 5.69 Å². The lowest BCUT2D eigenvalue weighted by Gasteiger charge is -2.05. The van der Waals surface area contributed by atoms with Gasteiger partial charge in [-0.05, 0) is 30.3 Å². The normalized spacial score (nSPS) is 10.7. The van der Waals surface area contributed by atoms with Crippen LogP contribution in [0.15, 0.2) is 42.5 Å². The van der Waals surface area contributed by atoms with Gasteiger partial charge in [0.1, 0.15) is 5.52 Å². The van der Waals surface area contributed by atoms with E-state index in [9.17, 15) is 4.79 Å². The van der Waals surface area contributed by atoms with E-state index in [2.05, 4.69) is 10.3 Å². The number of carbonyl (C=O) groups is 1. The van der Waals surface area contributed by atoms with Crippen LogP contribution in [0.1, 0.15) is 10.4 Å². The molecule has 3 rings (SSSR count). The first-order valence-electron chi connectivity index (χ1n) is 5.60. The van der Waals surface area contributed by atoms with Gasteiger partial charge in [-0.2, -0.15) is 0 Å². The van der Waals surface area contributed by atoms with Crippen molar-refractivity contribution < 1.29 is 9.90 Å². The first-order valence-corrected chi connectivity index (χ1v) is 5.60. The molecule has 2 aromatic carbocycles. The monoisotopic (exact) mass is 254 g/mol. The third-order valence-corrected chi connectivity index (χ3v) is 2.86. The third kappa shape index (κ3) is 1.79. The van der Waals surface area contributed by atoms with Crippen LogP contribution < -0.4 is 5.73 Å². The molecule has 19 heavy (non-hydrogen) atoms. The Morgan fingerprint density at radius 3 is 2.79 bits per heavy atom. The first kappa shape index (κ1) is 11.2. The Labute approximate surface area is 108 Å². The minimum Gasteiger partial charge on any atom is -0.478 e. The number of fused-ring (bicyclic) bond motifs is 1. The van der Waals surface area contributed by atoms with Crippen LogP contribution in [-0.4, -0.2) is 26.1 Å². The van der Waals surface area contributed by atoms with Crippen molar-refractivity contribution in [3.8, 4) is 5.69 Å². The maximum absolute atomic E-state index is 11.1. The number of rotatable bonds is 2. The van der Waals surface area contributed by atoms with E-state index in [1.807, 2.05) is 24.3 Å². The van der Waals surface area contributed by atoms with E-state index in [0.29, 0.717) is 5.69 Å². The molecule has 0 amide bonds. The van der Waals surface area contributed by atoms with E-state index in [4.69, 9.17) is 10.8 Å². The molecule has 0 atom stereocenters. The van der Waals surface area contributed by atoms with Gasteiger partial charge in [-0.3, -0.25) is 0 Å². The summed E-state index contributed by atoms with van der Waals surface area (Å²) < 4.78 is 1.58. The Morgan fingerprint density at radius 1 is 1.21 bits per heavy atom. The van der Waals surface area contributed by atoms with Crippen LogP contribution in [0.5, 0.6) is 0 Å². The van der Waals surface area contributed by atoms with Crippen LogP contribution in [0.4, 0.5) is 5.69 Å². The molecule has 0 unspecified atom stereocenters. The molecule has 3 N–H and O–H groups in total. The van der Waals surface area contributed by atoms with Crippen LogP contribution >= 0.6 is 0 Å². The van der Waals surface area contributed by atoms with E-state index >= 15 is 0 Å². The van der Waals surface area contributed by atoms with Crippen molar-refractivity contribution in [1.29, 1.82) is 0 Å². The average molecular weight is 254 g/mol. The molecule has 94 valence electrons. The van der Waals surface area contributed by atoms with Crippen LogP contribution in [-0.2, 0) is 0 Å². The van der Waals surface area contributed by atoms with E-state index < -0.39 is 5.97 Å². The summed E-state index contributed by atoms with van der Waals surface area (Å²) in [6, 6.07) is 12.2. The van der Waals surface area contributed by atoms with E-state index in [1.165, 1.54) is 6.07 Å². The number of benzene rings is 2. The van der Waals surface area contributed by atoms with Crippen LogP contribution in [0.3, 0.4) is 0 Å². The maximum atomic E-state index is 11.1. The Balaban J connectivity index is 2.22. The quantitative estimate of drug-likeness (QED) is 0.679. The Bertz CT molecular complexity index is 779. The number of nitrogen functional groups attached to an aromatic ring is 1. The number of aromatic carboxylic acids is 1. The van der Waals surface area contributed by atoms with E-state index in [0.717, 1.165) is 11.0 Å². The summed E-state index contributed by atoms with van der Waals surface area (Å²) in [6.45, 7) is 0. The number of aromatic nitrogens is 3. The summed E-state index contributed by atoms with van der Waals surface area (Å²) in [5.41, 5.74) is 8.07. The van der Waals surface area contributed by atoms with Crippen LogP contribution in [0, 0.1) is 0 Å². The first-order chi connectivity index (χ1) is 9.16. The molecule has 6 heteroatoms. The summed E-state index contributed by atoms with van der Waals surface area (Å²) in [7, 11) is 0. The summed E-state index contributed by atoms with van der Waals surface area (Å²) in [4.78, 5) is 11.1. The molecular weight excluding hydrogens is 244 g/mol. The molecular formula is C13H10N4O2. The second kappa shape index (κ2) is 4.09. The zero-order valence-electron chi connectivity index (χ0n) is 9.82. The molecule has 0 aliphatic heterocycles. The predicted molar refractivity (Wildman–Crippen MR) is 70.2 cm³/mol.